The maximum absolute atomic E-state index is 11.6. The van der Waals surface area contributed by atoms with Crippen molar-refractivity contribution < 1.29 is 8.42 Å². The van der Waals surface area contributed by atoms with Gasteiger partial charge in [-0.3, -0.25) is 4.90 Å². The first-order chi connectivity index (χ1) is 8.98. The van der Waals surface area contributed by atoms with Crippen molar-refractivity contribution in [3.05, 3.63) is 0 Å². The number of rotatable bonds is 3. The molecule has 0 aromatic carbocycles. The molecule has 1 aliphatic carbocycles. The smallest absolute Gasteiger partial charge is 0.211 e. The first-order valence-corrected chi connectivity index (χ1v) is 9.23. The second-order valence-corrected chi connectivity index (χ2v) is 7.97. The monoisotopic (exact) mass is 289 g/mol. The number of hydrogen-bond donors (Lipinski definition) is 1. The van der Waals surface area contributed by atoms with Crippen LogP contribution in [0, 0.1) is 0 Å². The molecule has 0 aromatic rings. The lowest BCUT2D eigenvalue weighted by atomic mass is 9.87. The molecule has 0 unspecified atom stereocenters. The molecule has 0 bridgehead atoms. The van der Waals surface area contributed by atoms with E-state index >= 15 is 0 Å². The SMILES string of the molecule is CS(=O)(=O)N1CCN(C2(CN)CCCCCC2)CC1. The normalized spacial score (nSPS) is 27.1. The molecule has 0 amide bonds. The Labute approximate surface area is 117 Å². The third-order valence-electron chi connectivity index (χ3n) is 4.79. The second kappa shape index (κ2) is 6.08. The summed E-state index contributed by atoms with van der Waals surface area (Å²) < 4.78 is 24.7. The molecule has 1 saturated heterocycles. The van der Waals surface area contributed by atoms with Gasteiger partial charge in [0.05, 0.1) is 6.26 Å². The molecular formula is C13H27N3O2S. The van der Waals surface area contributed by atoms with Crippen LogP contribution in [0.5, 0.6) is 0 Å². The van der Waals surface area contributed by atoms with Gasteiger partial charge < -0.3 is 5.73 Å². The fourth-order valence-electron chi connectivity index (χ4n) is 3.53. The maximum Gasteiger partial charge on any atom is 0.211 e. The van der Waals surface area contributed by atoms with E-state index in [0.29, 0.717) is 19.6 Å². The minimum absolute atomic E-state index is 0.125. The molecule has 1 aliphatic heterocycles. The Bertz CT molecular complexity index is 381. The molecule has 2 aliphatic rings. The van der Waals surface area contributed by atoms with E-state index in [1.165, 1.54) is 44.8 Å². The molecule has 19 heavy (non-hydrogen) atoms. The number of nitrogens with two attached hydrogens (primary N) is 1. The van der Waals surface area contributed by atoms with Gasteiger partial charge in [-0.2, -0.15) is 4.31 Å². The summed E-state index contributed by atoms with van der Waals surface area (Å²) in [6, 6.07) is 0. The quantitative estimate of drug-likeness (QED) is 0.773. The summed E-state index contributed by atoms with van der Waals surface area (Å²) in [7, 11) is -3.04. The Morgan fingerprint density at radius 3 is 1.95 bits per heavy atom. The number of hydrogen-bond acceptors (Lipinski definition) is 4. The van der Waals surface area contributed by atoms with Crippen molar-refractivity contribution in [2.24, 2.45) is 5.73 Å². The van der Waals surface area contributed by atoms with Crippen LogP contribution in [0.4, 0.5) is 0 Å². The average Bonchev–Trinajstić information content (AvgIpc) is 2.64. The summed E-state index contributed by atoms with van der Waals surface area (Å²) in [6.45, 7) is 3.57. The van der Waals surface area contributed by atoms with Crippen molar-refractivity contribution in [3.8, 4) is 0 Å². The van der Waals surface area contributed by atoms with Crippen LogP contribution < -0.4 is 5.73 Å². The highest BCUT2D eigenvalue weighted by Crippen LogP contribution is 2.32. The summed E-state index contributed by atoms with van der Waals surface area (Å²) in [6.07, 6.45) is 8.76. The molecule has 2 rings (SSSR count). The molecule has 2 fully saturated rings. The van der Waals surface area contributed by atoms with E-state index in [9.17, 15) is 8.42 Å². The Hall–Kier alpha value is -0.170. The average molecular weight is 289 g/mol. The van der Waals surface area contributed by atoms with Crippen molar-refractivity contribution in [1.82, 2.24) is 9.21 Å². The zero-order valence-corrected chi connectivity index (χ0v) is 12.8. The largest absolute Gasteiger partial charge is 0.329 e. The van der Waals surface area contributed by atoms with Gasteiger partial charge >= 0.3 is 0 Å². The van der Waals surface area contributed by atoms with Crippen LogP contribution in [0.15, 0.2) is 0 Å². The van der Waals surface area contributed by atoms with Crippen molar-refractivity contribution in [2.45, 2.75) is 44.1 Å². The van der Waals surface area contributed by atoms with Crippen molar-refractivity contribution in [1.29, 1.82) is 0 Å². The second-order valence-electron chi connectivity index (χ2n) is 5.99. The molecule has 0 spiro atoms. The van der Waals surface area contributed by atoms with Crippen molar-refractivity contribution in [2.75, 3.05) is 39.0 Å². The van der Waals surface area contributed by atoms with Crippen LogP contribution >= 0.6 is 0 Å². The van der Waals surface area contributed by atoms with Gasteiger partial charge in [-0.25, -0.2) is 8.42 Å². The van der Waals surface area contributed by atoms with E-state index < -0.39 is 10.0 Å². The Balaban J connectivity index is 2.02. The summed E-state index contributed by atoms with van der Waals surface area (Å²) in [4.78, 5) is 2.46. The molecule has 0 atom stereocenters. The van der Waals surface area contributed by atoms with Crippen LogP contribution in [0.2, 0.25) is 0 Å². The molecule has 5 nitrogen and oxygen atoms in total. The lowest BCUT2D eigenvalue weighted by Gasteiger charge is -2.47. The zero-order valence-electron chi connectivity index (χ0n) is 12.0. The number of piperazine rings is 1. The summed E-state index contributed by atoms with van der Waals surface area (Å²) >= 11 is 0. The lowest BCUT2D eigenvalue weighted by molar-refractivity contribution is 0.0470. The fraction of sp³-hybridized carbons (Fsp3) is 1.00. The van der Waals surface area contributed by atoms with E-state index in [4.69, 9.17) is 5.73 Å². The third-order valence-corrected chi connectivity index (χ3v) is 6.10. The fourth-order valence-corrected chi connectivity index (χ4v) is 4.36. The highest BCUT2D eigenvalue weighted by Gasteiger charge is 2.38. The molecule has 2 N–H and O–H groups in total. The van der Waals surface area contributed by atoms with Crippen LogP contribution in [-0.4, -0.2) is 62.1 Å². The van der Waals surface area contributed by atoms with Gasteiger partial charge in [0.1, 0.15) is 0 Å². The van der Waals surface area contributed by atoms with Crippen LogP contribution in [0.3, 0.4) is 0 Å². The van der Waals surface area contributed by atoms with E-state index in [-0.39, 0.29) is 5.54 Å². The van der Waals surface area contributed by atoms with Gasteiger partial charge in [0, 0.05) is 38.3 Å². The standard InChI is InChI=1S/C13H27N3O2S/c1-19(17,18)16-10-8-15(9-11-16)13(12-14)6-4-2-3-5-7-13/h2-12,14H2,1H3. The highest BCUT2D eigenvalue weighted by atomic mass is 32.2. The van der Waals surface area contributed by atoms with Gasteiger partial charge in [0.2, 0.25) is 10.0 Å². The number of nitrogens with zero attached hydrogens (tertiary/aromatic N) is 2. The number of sulfonamides is 1. The van der Waals surface area contributed by atoms with E-state index in [2.05, 4.69) is 4.90 Å². The Kier molecular flexibility index (Phi) is 4.87. The first kappa shape index (κ1) is 15.2. The first-order valence-electron chi connectivity index (χ1n) is 7.38. The van der Waals surface area contributed by atoms with Crippen LogP contribution in [0.1, 0.15) is 38.5 Å². The summed E-state index contributed by atoms with van der Waals surface area (Å²) in [5.74, 6) is 0. The van der Waals surface area contributed by atoms with Crippen molar-refractivity contribution in [3.63, 3.8) is 0 Å². The van der Waals surface area contributed by atoms with Gasteiger partial charge in [-0.05, 0) is 12.8 Å². The maximum atomic E-state index is 11.6. The minimum Gasteiger partial charge on any atom is -0.329 e. The Morgan fingerprint density at radius 1 is 1.00 bits per heavy atom. The topological polar surface area (TPSA) is 66.6 Å². The Morgan fingerprint density at radius 2 is 1.53 bits per heavy atom. The molecule has 112 valence electrons. The predicted octanol–water partition coefficient (Wildman–Crippen LogP) is 0.615. The molecule has 0 aromatic heterocycles. The van der Waals surface area contributed by atoms with Gasteiger partial charge in [-0.1, -0.05) is 25.7 Å². The lowest BCUT2D eigenvalue weighted by Crippen LogP contribution is -2.60. The molecule has 1 saturated carbocycles. The summed E-state index contributed by atoms with van der Waals surface area (Å²) in [5.41, 5.74) is 6.21. The predicted molar refractivity (Wildman–Crippen MR) is 77.5 cm³/mol. The van der Waals surface area contributed by atoms with Gasteiger partial charge in [0.25, 0.3) is 0 Å². The van der Waals surface area contributed by atoms with Crippen LogP contribution in [0.25, 0.3) is 0 Å². The molecular weight excluding hydrogens is 262 g/mol. The zero-order chi connectivity index (χ0) is 13.9. The van der Waals surface area contributed by atoms with E-state index in [1.54, 1.807) is 4.31 Å². The van der Waals surface area contributed by atoms with Gasteiger partial charge in [0.15, 0.2) is 0 Å². The van der Waals surface area contributed by atoms with Gasteiger partial charge in [-0.15, -0.1) is 0 Å². The van der Waals surface area contributed by atoms with E-state index in [0.717, 1.165) is 13.1 Å². The molecule has 1 heterocycles. The summed E-state index contributed by atoms with van der Waals surface area (Å²) in [5, 5.41) is 0. The molecule has 0 radical (unpaired) electrons. The highest BCUT2D eigenvalue weighted by molar-refractivity contribution is 7.88. The minimum atomic E-state index is -3.04. The molecule has 6 heteroatoms. The van der Waals surface area contributed by atoms with E-state index in [1.807, 2.05) is 0 Å². The van der Waals surface area contributed by atoms with Crippen molar-refractivity contribution >= 4 is 10.0 Å². The third kappa shape index (κ3) is 3.48. The van der Waals surface area contributed by atoms with Crippen LogP contribution in [-0.2, 0) is 10.0 Å².